The summed E-state index contributed by atoms with van der Waals surface area (Å²) in [5.74, 6) is 0.103. The highest BCUT2D eigenvalue weighted by molar-refractivity contribution is 7.47. The Kier molecular flexibility index (Phi) is 63.4. The normalized spacial score (nSPS) is 14.1. The van der Waals surface area contributed by atoms with Gasteiger partial charge in [-0.05, 0) is 43.4 Å². The number of phosphoric acid groups is 2. The third-order valence-corrected chi connectivity index (χ3v) is 19.0. The molecule has 0 heterocycles. The fraction of sp³-hybridized carbons (Fsp3) is 0.946. The monoisotopic (exact) mass is 1370 g/mol. The van der Waals surface area contributed by atoms with E-state index in [9.17, 15) is 43.2 Å². The van der Waals surface area contributed by atoms with Crippen molar-refractivity contribution in [3.63, 3.8) is 0 Å². The van der Waals surface area contributed by atoms with E-state index < -0.39 is 97.5 Å². The summed E-state index contributed by atoms with van der Waals surface area (Å²) in [7, 11) is -9.91. The van der Waals surface area contributed by atoms with Crippen LogP contribution in [0.1, 0.15) is 376 Å². The van der Waals surface area contributed by atoms with Crippen LogP contribution in [-0.4, -0.2) is 96.7 Å². The van der Waals surface area contributed by atoms with Crippen molar-refractivity contribution in [1.29, 1.82) is 0 Å². The summed E-state index contributed by atoms with van der Waals surface area (Å²) in [6, 6.07) is 0. The van der Waals surface area contributed by atoms with Crippen LogP contribution in [0.5, 0.6) is 0 Å². The molecule has 0 saturated carbocycles. The van der Waals surface area contributed by atoms with Crippen molar-refractivity contribution in [2.45, 2.75) is 394 Å². The number of esters is 4. The molecular weight excluding hydrogens is 1220 g/mol. The van der Waals surface area contributed by atoms with E-state index in [1.54, 1.807) is 0 Å². The maximum Gasteiger partial charge on any atom is 0.472 e. The zero-order valence-electron chi connectivity index (χ0n) is 60.7. The van der Waals surface area contributed by atoms with Crippen molar-refractivity contribution in [2.75, 3.05) is 39.6 Å². The number of aliphatic hydroxyl groups is 1. The van der Waals surface area contributed by atoms with Crippen molar-refractivity contribution in [3.8, 4) is 0 Å². The minimum absolute atomic E-state index is 0.105. The molecule has 17 nitrogen and oxygen atoms in total. The first-order chi connectivity index (χ1) is 44.7. The SMILES string of the molecule is CCCCCCCCCCCCCCCCCCCC(=O)O[C@H](COC(=O)CCCCCCCCCCCC(C)C)COP(=O)(O)OC[C@@H](O)COP(=O)(O)OC[C@@H](COC(=O)CCCCCCCCCCCC(C)C)OC(=O)CCCCCCCCCCCC(C)C. The number of unbranched alkanes of at least 4 members (excludes halogenated alkanes) is 40. The van der Waals surface area contributed by atoms with Crippen LogP contribution in [0.25, 0.3) is 0 Å². The minimum Gasteiger partial charge on any atom is -0.462 e. The number of ether oxygens (including phenoxy) is 4. The average molecular weight is 1370 g/mol. The summed E-state index contributed by atoms with van der Waals surface area (Å²) < 4.78 is 68.5. The number of hydrogen-bond acceptors (Lipinski definition) is 15. The molecule has 19 heteroatoms. The maximum atomic E-state index is 13.1. The van der Waals surface area contributed by atoms with Gasteiger partial charge in [0.1, 0.15) is 19.3 Å². The molecule has 0 aromatic carbocycles. The van der Waals surface area contributed by atoms with Gasteiger partial charge in [-0.1, -0.05) is 325 Å². The standard InChI is InChI=1S/C74H144O17P2/c1-8-9-10-11-12-13-14-15-16-17-18-19-20-27-36-43-50-57-73(78)90-69(61-84-71(76)55-48-41-34-28-21-24-31-38-45-52-65(2)3)63-88-92(80,81)86-59-68(75)60-87-93(82,83)89-64-70(91-74(79)58-51-44-37-30-23-26-33-40-47-54-67(6)7)62-85-72(77)56-49-42-35-29-22-25-32-39-46-53-66(4)5/h65-70,75H,8-64H2,1-7H3,(H,80,81)(H,82,83)/t68-,69-,70-/m1/s1. The first-order valence-corrected chi connectivity index (χ1v) is 41.3. The van der Waals surface area contributed by atoms with Gasteiger partial charge in [0.05, 0.1) is 26.4 Å². The van der Waals surface area contributed by atoms with E-state index in [0.29, 0.717) is 25.7 Å². The first-order valence-electron chi connectivity index (χ1n) is 38.3. The van der Waals surface area contributed by atoms with Crippen molar-refractivity contribution in [1.82, 2.24) is 0 Å². The number of carbonyl (C=O) groups excluding carboxylic acids is 4. The number of hydrogen-bond donors (Lipinski definition) is 3. The molecule has 0 rings (SSSR count). The molecule has 0 aliphatic heterocycles. The summed E-state index contributed by atoms with van der Waals surface area (Å²) in [6.07, 6.45) is 50.0. The molecule has 93 heavy (non-hydrogen) atoms. The molecule has 0 aliphatic carbocycles. The van der Waals surface area contributed by atoms with Gasteiger partial charge in [-0.3, -0.25) is 37.3 Å². The van der Waals surface area contributed by atoms with Gasteiger partial charge in [0.2, 0.25) is 0 Å². The van der Waals surface area contributed by atoms with Crippen molar-refractivity contribution < 1.29 is 80.2 Å². The summed E-state index contributed by atoms with van der Waals surface area (Å²) in [6.45, 7) is 11.8. The van der Waals surface area contributed by atoms with E-state index in [4.69, 9.17) is 37.0 Å². The van der Waals surface area contributed by atoms with Crippen LogP contribution < -0.4 is 0 Å². The van der Waals surface area contributed by atoms with Crippen LogP contribution >= 0.6 is 15.6 Å². The average Bonchev–Trinajstić information content (AvgIpc) is 1.91. The van der Waals surface area contributed by atoms with Crippen molar-refractivity contribution in [2.24, 2.45) is 17.8 Å². The minimum atomic E-state index is -4.96. The maximum absolute atomic E-state index is 13.1. The molecule has 0 aliphatic rings. The quantitative estimate of drug-likeness (QED) is 0.0222. The van der Waals surface area contributed by atoms with Crippen LogP contribution in [0.2, 0.25) is 0 Å². The highest BCUT2D eigenvalue weighted by atomic mass is 31.2. The third kappa shape index (κ3) is 68.4. The van der Waals surface area contributed by atoms with Crippen LogP contribution in [0.4, 0.5) is 0 Å². The van der Waals surface area contributed by atoms with Crippen LogP contribution in [0.3, 0.4) is 0 Å². The Morgan fingerprint density at radius 3 is 0.731 bits per heavy atom. The zero-order chi connectivity index (χ0) is 68.7. The Labute approximate surface area is 568 Å². The fourth-order valence-corrected chi connectivity index (χ4v) is 12.8. The molecular formula is C74H144O17P2. The largest absolute Gasteiger partial charge is 0.472 e. The van der Waals surface area contributed by atoms with Crippen LogP contribution in [0, 0.1) is 17.8 Å². The summed E-state index contributed by atoms with van der Waals surface area (Å²) in [4.78, 5) is 72.7. The molecule has 0 fully saturated rings. The number of rotatable bonds is 72. The van der Waals surface area contributed by atoms with Crippen molar-refractivity contribution >= 4 is 39.5 Å². The topological polar surface area (TPSA) is 237 Å². The predicted molar refractivity (Wildman–Crippen MR) is 377 cm³/mol. The summed E-state index contributed by atoms with van der Waals surface area (Å²) >= 11 is 0. The fourth-order valence-electron chi connectivity index (χ4n) is 11.2. The highest BCUT2D eigenvalue weighted by Gasteiger charge is 2.30. The van der Waals surface area contributed by atoms with Gasteiger partial charge in [-0.25, -0.2) is 9.13 Å². The van der Waals surface area contributed by atoms with Crippen molar-refractivity contribution in [3.05, 3.63) is 0 Å². The molecule has 0 radical (unpaired) electrons. The second kappa shape index (κ2) is 64.7. The third-order valence-electron chi connectivity index (χ3n) is 17.1. The lowest BCUT2D eigenvalue weighted by Crippen LogP contribution is -2.30. The summed E-state index contributed by atoms with van der Waals surface area (Å²) in [5.41, 5.74) is 0. The van der Waals surface area contributed by atoms with Crippen LogP contribution in [-0.2, 0) is 65.4 Å². The van der Waals surface area contributed by atoms with E-state index in [0.717, 1.165) is 108 Å². The predicted octanol–water partition coefficient (Wildman–Crippen LogP) is 21.4. The lowest BCUT2D eigenvalue weighted by molar-refractivity contribution is -0.161. The molecule has 0 amide bonds. The van der Waals surface area contributed by atoms with Gasteiger partial charge in [0, 0.05) is 25.7 Å². The number of carbonyl (C=O) groups is 4. The number of aliphatic hydroxyl groups excluding tert-OH is 1. The van der Waals surface area contributed by atoms with E-state index in [1.165, 1.54) is 186 Å². The Hall–Kier alpha value is -1.94. The zero-order valence-corrected chi connectivity index (χ0v) is 62.5. The Bertz CT molecular complexity index is 1820. The van der Waals surface area contributed by atoms with E-state index in [1.807, 2.05) is 0 Å². The molecule has 0 bridgehead atoms. The highest BCUT2D eigenvalue weighted by Crippen LogP contribution is 2.45. The number of phosphoric ester groups is 2. The molecule has 0 aromatic heterocycles. The second-order valence-electron chi connectivity index (χ2n) is 28.1. The Morgan fingerprint density at radius 2 is 0.495 bits per heavy atom. The molecule has 5 atom stereocenters. The Balaban J connectivity index is 5.25. The van der Waals surface area contributed by atoms with Gasteiger partial charge in [0.15, 0.2) is 12.2 Å². The second-order valence-corrected chi connectivity index (χ2v) is 31.0. The van der Waals surface area contributed by atoms with Crippen LogP contribution in [0.15, 0.2) is 0 Å². The lowest BCUT2D eigenvalue weighted by atomic mass is 10.0. The Morgan fingerprint density at radius 1 is 0.290 bits per heavy atom. The molecule has 552 valence electrons. The van der Waals surface area contributed by atoms with Gasteiger partial charge in [-0.15, -0.1) is 0 Å². The summed E-state index contributed by atoms with van der Waals surface area (Å²) in [5, 5.41) is 10.6. The lowest BCUT2D eigenvalue weighted by Gasteiger charge is -2.21. The van der Waals surface area contributed by atoms with E-state index in [2.05, 4.69) is 48.5 Å². The smallest absolute Gasteiger partial charge is 0.462 e. The molecule has 0 spiro atoms. The molecule has 3 N–H and O–H groups in total. The van der Waals surface area contributed by atoms with E-state index >= 15 is 0 Å². The van der Waals surface area contributed by atoms with E-state index in [-0.39, 0.29) is 25.7 Å². The molecule has 0 aromatic rings. The van der Waals surface area contributed by atoms with Gasteiger partial charge in [0.25, 0.3) is 0 Å². The van der Waals surface area contributed by atoms with Gasteiger partial charge >= 0.3 is 39.5 Å². The van der Waals surface area contributed by atoms with Gasteiger partial charge < -0.3 is 33.8 Å². The molecule has 0 saturated heterocycles. The first kappa shape index (κ1) is 91.1. The molecule has 2 unspecified atom stereocenters. The van der Waals surface area contributed by atoms with Gasteiger partial charge in [-0.2, -0.15) is 0 Å².